The smallest absolute Gasteiger partial charge is 0.407 e. The molecule has 8 nitrogen and oxygen atoms in total. The van der Waals surface area contributed by atoms with Crippen LogP contribution in [0.25, 0.3) is 22.3 Å². The van der Waals surface area contributed by atoms with Crippen LogP contribution in [0.5, 0.6) is 5.75 Å². The van der Waals surface area contributed by atoms with Gasteiger partial charge >= 0.3 is 6.09 Å². The van der Waals surface area contributed by atoms with Gasteiger partial charge < -0.3 is 24.8 Å². The van der Waals surface area contributed by atoms with Gasteiger partial charge in [-0.05, 0) is 66.6 Å². The third kappa shape index (κ3) is 5.56. The van der Waals surface area contributed by atoms with E-state index in [1.54, 1.807) is 4.90 Å². The van der Waals surface area contributed by atoms with Crippen LogP contribution in [0.15, 0.2) is 48.8 Å². The highest BCUT2D eigenvalue weighted by molar-refractivity contribution is 6.76. The lowest BCUT2D eigenvalue weighted by Crippen LogP contribution is -2.49. The van der Waals surface area contributed by atoms with Gasteiger partial charge in [0.2, 0.25) is 0 Å². The molecule has 3 aliphatic heterocycles. The molecule has 0 radical (unpaired) electrons. The molecule has 0 spiro atoms. The summed E-state index contributed by atoms with van der Waals surface area (Å²) in [5.74, 6) is 0.884. The Kier molecular flexibility index (Phi) is 6.89. The molecule has 2 N–H and O–H groups in total. The fourth-order valence-electron chi connectivity index (χ4n) is 6.23. The first kappa shape index (κ1) is 25.9. The Morgan fingerprint density at radius 1 is 1.10 bits per heavy atom. The molecule has 2 fully saturated rings. The normalized spacial score (nSPS) is 21.7. The van der Waals surface area contributed by atoms with E-state index in [0.717, 1.165) is 72.0 Å². The summed E-state index contributed by atoms with van der Waals surface area (Å²) < 4.78 is 13.9. The highest BCUT2D eigenvalue weighted by Gasteiger charge is 2.43. The molecule has 3 aliphatic rings. The molecule has 2 bridgehead atoms. The lowest BCUT2D eigenvalue weighted by atomic mass is 9.93. The molecule has 6 rings (SSSR count). The summed E-state index contributed by atoms with van der Waals surface area (Å²) in [5, 5.41) is 17.7. The fraction of sp³-hybridized carbons (Fsp3) is 0.467. The number of carbonyl (C=O) groups is 1. The van der Waals surface area contributed by atoms with Crippen LogP contribution < -0.4 is 10.1 Å². The van der Waals surface area contributed by atoms with Gasteiger partial charge in [0.15, 0.2) is 0 Å². The van der Waals surface area contributed by atoms with Crippen molar-refractivity contribution >= 4 is 19.9 Å². The maximum Gasteiger partial charge on any atom is 0.407 e. The molecule has 1 amide bonds. The van der Waals surface area contributed by atoms with Crippen molar-refractivity contribution in [1.29, 1.82) is 0 Å². The Morgan fingerprint density at radius 2 is 1.87 bits per heavy atom. The Labute approximate surface area is 230 Å². The molecule has 206 valence electrons. The van der Waals surface area contributed by atoms with Crippen molar-refractivity contribution in [3.05, 3.63) is 54.4 Å². The molecular formula is C30H38N4O4Si. The third-order valence-electron chi connectivity index (χ3n) is 8.27. The Bertz CT molecular complexity index is 1350. The Hall–Kier alpha value is -3.30. The molecule has 0 aliphatic carbocycles. The van der Waals surface area contributed by atoms with Crippen molar-refractivity contribution in [2.24, 2.45) is 0 Å². The number of fused-ring (bicyclic) bond motifs is 5. The van der Waals surface area contributed by atoms with Gasteiger partial charge in [0.05, 0.1) is 6.20 Å². The predicted molar refractivity (Wildman–Crippen MR) is 155 cm³/mol. The first-order valence-electron chi connectivity index (χ1n) is 14.0. The third-order valence-corrected chi connectivity index (χ3v) is 9.98. The Balaban J connectivity index is 1.11. The van der Waals surface area contributed by atoms with Crippen LogP contribution in [0.4, 0.5) is 10.5 Å². The van der Waals surface area contributed by atoms with Gasteiger partial charge in [-0.2, -0.15) is 5.10 Å². The van der Waals surface area contributed by atoms with Crippen LogP contribution >= 0.6 is 0 Å². The van der Waals surface area contributed by atoms with Gasteiger partial charge in [-0.1, -0.05) is 31.8 Å². The lowest BCUT2D eigenvalue weighted by molar-refractivity contribution is 0.0786. The summed E-state index contributed by atoms with van der Waals surface area (Å²) in [5.41, 5.74) is 6.68. The second-order valence-corrected chi connectivity index (χ2v) is 18.0. The number of hydrogen-bond donors (Lipinski definition) is 2. The molecule has 1 unspecified atom stereocenters. The summed E-state index contributed by atoms with van der Waals surface area (Å²) in [6.45, 7) is 8.84. The number of aromatic nitrogens is 2. The standard InChI is InChI=1S/C30H38N4O4Si/c1-39(2,3)11-10-37-19-33-17-22(16-31-33)20-4-8-27-21(12-20)18-38-29-15-23(5-9-28(27)29)32-24-13-25-6-7-26(14-24)34(25)30(35)36/h4-5,8-9,12,15-17,24-26,32H,6-7,10-11,13-14,18-19H2,1-3H3,(H,35,36)/t24?,25-,26+. The summed E-state index contributed by atoms with van der Waals surface area (Å²) in [6, 6.07) is 14.5. The maximum atomic E-state index is 11.6. The average Bonchev–Trinajstić information content (AvgIpc) is 3.48. The van der Waals surface area contributed by atoms with Crippen LogP contribution in [-0.4, -0.2) is 58.7 Å². The van der Waals surface area contributed by atoms with Gasteiger partial charge in [0.25, 0.3) is 0 Å². The molecule has 1 aromatic heterocycles. The Morgan fingerprint density at radius 3 is 2.62 bits per heavy atom. The number of carboxylic acid groups (broad SMARTS) is 1. The monoisotopic (exact) mass is 546 g/mol. The summed E-state index contributed by atoms with van der Waals surface area (Å²) in [4.78, 5) is 13.3. The molecule has 3 atom stereocenters. The number of hydrogen-bond acceptors (Lipinski definition) is 5. The van der Waals surface area contributed by atoms with Gasteiger partial charge in [-0.15, -0.1) is 0 Å². The van der Waals surface area contributed by atoms with E-state index in [4.69, 9.17) is 9.47 Å². The van der Waals surface area contributed by atoms with Crippen LogP contribution in [0.1, 0.15) is 31.2 Å². The van der Waals surface area contributed by atoms with E-state index in [1.807, 2.05) is 17.1 Å². The number of amides is 1. The predicted octanol–water partition coefficient (Wildman–Crippen LogP) is 6.51. The van der Waals surface area contributed by atoms with E-state index in [2.05, 4.69) is 66.5 Å². The van der Waals surface area contributed by atoms with E-state index < -0.39 is 14.2 Å². The number of ether oxygens (including phenoxy) is 2. The molecule has 4 heterocycles. The number of rotatable bonds is 8. The topological polar surface area (TPSA) is 88.9 Å². The number of benzene rings is 2. The van der Waals surface area contributed by atoms with Crippen molar-refractivity contribution in [3.8, 4) is 28.0 Å². The van der Waals surface area contributed by atoms with E-state index >= 15 is 0 Å². The quantitative estimate of drug-likeness (QED) is 0.247. The zero-order valence-corrected chi connectivity index (χ0v) is 24.0. The van der Waals surface area contributed by atoms with Crippen molar-refractivity contribution in [2.75, 3.05) is 11.9 Å². The van der Waals surface area contributed by atoms with Crippen molar-refractivity contribution in [2.45, 2.75) is 82.8 Å². The van der Waals surface area contributed by atoms with Crippen molar-refractivity contribution in [3.63, 3.8) is 0 Å². The van der Waals surface area contributed by atoms with Gasteiger partial charge in [0.1, 0.15) is 19.1 Å². The molecular weight excluding hydrogens is 508 g/mol. The van der Waals surface area contributed by atoms with Gasteiger partial charge in [-0.3, -0.25) is 0 Å². The van der Waals surface area contributed by atoms with Crippen LogP contribution in [0, 0.1) is 0 Å². The minimum Gasteiger partial charge on any atom is -0.488 e. The lowest BCUT2D eigenvalue weighted by Gasteiger charge is -2.37. The highest BCUT2D eigenvalue weighted by atomic mass is 28.3. The van der Waals surface area contributed by atoms with Crippen LogP contribution in [0.2, 0.25) is 25.7 Å². The fourth-order valence-corrected chi connectivity index (χ4v) is 6.98. The summed E-state index contributed by atoms with van der Waals surface area (Å²) in [7, 11) is -1.09. The maximum absolute atomic E-state index is 11.6. The van der Waals surface area contributed by atoms with Gasteiger partial charge in [0, 0.05) is 61.9 Å². The second kappa shape index (κ2) is 10.4. The molecule has 0 saturated carbocycles. The van der Waals surface area contributed by atoms with Crippen molar-refractivity contribution in [1.82, 2.24) is 14.7 Å². The number of nitrogens with one attached hydrogen (secondary N) is 1. The molecule has 2 saturated heterocycles. The highest BCUT2D eigenvalue weighted by Crippen LogP contribution is 2.42. The zero-order chi connectivity index (χ0) is 27.1. The molecule has 9 heteroatoms. The first-order valence-corrected chi connectivity index (χ1v) is 17.7. The van der Waals surface area contributed by atoms with Gasteiger partial charge in [-0.25, -0.2) is 9.48 Å². The number of anilines is 1. The molecule has 2 aromatic carbocycles. The summed E-state index contributed by atoms with van der Waals surface area (Å²) >= 11 is 0. The minimum atomic E-state index is -1.09. The second-order valence-electron chi connectivity index (χ2n) is 12.4. The average molecular weight is 547 g/mol. The zero-order valence-electron chi connectivity index (χ0n) is 23.0. The largest absolute Gasteiger partial charge is 0.488 e. The first-order chi connectivity index (χ1) is 18.7. The number of piperidine rings is 1. The summed E-state index contributed by atoms with van der Waals surface area (Å²) in [6.07, 6.45) is 6.80. The van der Waals surface area contributed by atoms with E-state index in [0.29, 0.717) is 13.3 Å². The van der Waals surface area contributed by atoms with E-state index in [9.17, 15) is 9.90 Å². The van der Waals surface area contributed by atoms with E-state index in [1.165, 1.54) is 5.56 Å². The molecule has 3 aromatic rings. The van der Waals surface area contributed by atoms with Crippen LogP contribution in [0.3, 0.4) is 0 Å². The van der Waals surface area contributed by atoms with Crippen LogP contribution in [-0.2, 0) is 18.1 Å². The minimum absolute atomic E-state index is 0.128. The number of nitrogens with zero attached hydrogens (tertiary/aromatic N) is 3. The molecule has 39 heavy (non-hydrogen) atoms. The SMILES string of the molecule is C[Si](C)(C)CCOCn1cc(-c2ccc3c(c2)COc2cc(NC4C[C@H]5CC[C@@H](C4)N5C(=O)O)ccc2-3)cn1. The van der Waals surface area contributed by atoms with E-state index in [-0.39, 0.29) is 18.1 Å². The van der Waals surface area contributed by atoms with Crippen molar-refractivity contribution < 1.29 is 19.4 Å².